The monoisotopic (exact) mass is 310 g/mol. The molecule has 0 aromatic heterocycles. The van der Waals surface area contributed by atoms with Crippen LogP contribution in [-0.4, -0.2) is 0 Å². The van der Waals surface area contributed by atoms with E-state index in [2.05, 4.69) is 85.8 Å². The number of aryl methyl sites for hydroxylation is 1. The molecule has 0 aliphatic heterocycles. The summed E-state index contributed by atoms with van der Waals surface area (Å²) in [5.74, 6) is 0. The first-order valence-electron chi connectivity index (χ1n) is 6.92. The van der Waals surface area contributed by atoms with E-state index >= 15 is 0 Å². The van der Waals surface area contributed by atoms with Gasteiger partial charge in [0.25, 0.3) is 0 Å². The van der Waals surface area contributed by atoms with E-state index in [9.17, 15) is 0 Å². The molecule has 0 N–H and O–H groups in total. The summed E-state index contributed by atoms with van der Waals surface area (Å²) < 4.78 is 0. The average molecular weight is 311 g/mol. The Hall–Kier alpha value is -1.62. The lowest BCUT2D eigenvalue weighted by Gasteiger charge is -2.20. The van der Waals surface area contributed by atoms with Crippen molar-refractivity contribution in [1.82, 2.24) is 0 Å². The van der Waals surface area contributed by atoms with Crippen LogP contribution in [0.1, 0.15) is 5.56 Å². The third kappa shape index (κ3) is 3.18. The van der Waals surface area contributed by atoms with Gasteiger partial charge in [0.05, 0.1) is 0 Å². The second-order valence-corrected chi connectivity index (χ2v) is 7.55. The lowest BCUT2D eigenvalue weighted by Crippen LogP contribution is -2.21. The molecule has 0 saturated heterocycles. The largest absolute Gasteiger partial charge is 0.0836 e. The SMILES string of the molecule is Cc1ccc(P(c2ccccc2)c2ccccc2)c(Cl)c1. The van der Waals surface area contributed by atoms with Gasteiger partial charge in [0, 0.05) is 10.3 Å². The Morgan fingerprint density at radius 3 is 1.71 bits per heavy atom. The van der Waals surface area contributed by atoms with Crippen molar-refractivity contribution < 1.29 is 0 Å². The first-order chi connectivity index (χ1) is 10.3. The Labute approximate surface area is 132 Å². The van der Waals surface area contributed by atoms with Crippen molar-refractivity contribution in [3.05, 3.63) is 89.4 Å². The Kier molecular flexibility index (Phi) is 4.39. The zero-order valence-corrected chi connectivity index (χ0v) is 13.5. The van der Waals surface area contributed by atoms with E-state index in [-0.39, 0.29) is 0 Å². The summed E-state index contributed by atoms with van der Waals surface area (Å²) in [6.45, 7) is 2.07. The zero-order chi connectivity index (χ0) is 14.7. The van der Waals surface area contributed by atoms with E-state index in [4.69, 9.17) is 11.6 Å². The van der Waals surface area contributed by atoms with Crippen molar-refractivity contribution in [1.29, 1.82) is 0 Å². The molecule has 3 rings (SSSR count). The van der Waals surface area contributed by atoms with Crippen LogP contribution in [0.4, 0.5) is 0 Å². The van der Waals surface area contributed by atoms with Crippen LogP contribution >= 0.6 is 19.5 Å². The van der Waals surface area contributed by atoms with Gasteiger partial charge in [-0.3, -0.25) is 0 Å². The highest BCUT2D eigenvalue weighted by Gasteiger charge is 2.18. The zero-order valence-electron chi connectivity index (χ0n) is 11.8. The molecule has 104 valence electrons. The van der Waals surface area contributed by atoms with Crippen LogP contribution in [0.25, 0.3) is 0 Å². The number of halogens is 1. The second kappa shape index (κ2) is 6.43. The molecular formula is C19H16ClP. The van der Waals surface area contributed by atoms with Gasteiger partial charge >= 0.3 is 0 Å². The molecule has 0 unspecified atom stereocenters. The van der Waals surface area contributed by atoms with Crippen LogP contribution in [0.2, 0.25) is 5.02 Å². The maximum atomic E-state index is 6.54. The van der Waals surface area contributed by atoms with Crippen molar-refractivity contribution in [3.8, 4) is 0 Å². The minimum atomic E-state index is -0.611. The molecule has 0 heterocycles. The topological polar surface area (TPSA) is 0 Å². The van der Waals surface area contributed by atoms with Gasteiger partial charge in [-0.1, -0.05) is 84.4 Å². The summed E-state index contributed by atoms with van der Waals surface area (Å²) in [6.07, 6.45) is 0. The van der Waals surface area contributed by atoms with Crippen molar-refractivity contribution in [2.45, 2.75) is 6.92 Å². The summed E-state index contributed by atoms with van der Waals surface area (Å²) in [4.78, 5) is 0. The molecule has 3 aromatic carbocycles. The van der Waals surface area contributed by atoms with Crippen LogP contribution in [0.15, 0.2) is 78.9 Å². The van der Waals surface area contributed by atoms with Crippen molar-refractivity contribution in [2.75, 3.05) is 0 Å². The molecule has 0 atom stereocenters. The maximum Gasteiger partial charge on any atom is 0.0492 e. The Balaban J connectivity index is 2.17. The number of rotatable bonds is 3. The van der Waals surface area contributed by atoms with Gasteiger partial charge < -0.3 is 0 Å². The van der Waals surface area contributed by atoms with Crippen LogP contribution < -0.4 is 15.9 Å². The summed E-state index contributed by atoms with van der Waals surface area (Å²) >= 11 is 6.54. The summed E-state index contributed by atoms with van der Waals surface area (Å²) in [7, 11) is -0.611. The normalized spacial score (nSPS) is 10.8. The van der Waals surface area contributed by atoms with Gasteiger partial charge in [-0.05, 0) is 37.1 Å². The molecule has 0 saturated carbocycles. The first kappa shape index (κ1) is 14.3. The lowest BCUT2D eigenvalue weighted by atomic mass is 10.2. The predicted octanol–water partition coefficient (Wildman–Crippen LogP) is 4.41. The number of hydrogen-bond acceptors (Lipinski definition) is 0. The third-order valence-corrected chi connectivity index (χ3v) is 6.32. The molecule has 0 nitrogen and oxygen atoms in total. The molecule has 21 heavy (non-hydrogen) atoms. The molecule has 0 fully saturated rings. The molecule has 3 aromatic rings. The van der Waals surface area contributed by atoms with Crippen molar-refractivity contribution >= 4 is 35.4 Å². The molecule has 0 bridgehead atoms. The Morgan fingerprint density at radius 2 is 1.24 bits per heavy atom. The highest BCUT2D eigenvalue weighted by Crippen LogP contribution is 2.35. The van der Waals surface area contributed by atoms with Crippen LogP contribution in [0.5, 0.6) is 0 Å². The quantitative estimate of drug-likeness (QED) is 0.629. The van der Waals surface area contributed by atoms with Gasteiger partial charge in [-0.25, -0.2) is 0 Å². The third-order valence-electron chi connectivity index (χ3n) is 3.37. The van der Waals surface area contributed by atoms with Crippen LogP contribution in [0, 0.1) is 6.92 Å². The standard InChI is InChI=1S/C19H16ClP/c1-15-12-13-19(18(20)14-15)21(16-8-4-2-5-9-16)17-10-6-3-7-11-17/h2-14H,1H3. The molecule has 0 aliphatic rings. The van der Waals surface area contributed by atoms with E-state index in [1.54, 1.807) is 0 Å². The fraction of sp³-hybridized carbons (Fsp3) is 0.0526. The van der Waals surface area contributed by atoms with E-state index in [0.717, 1.165) is 5.02 Å². The molecule has 0 spiro atoms. The van der Waals surface area contributed by atoms with Gasteiger partial charge in [0.2, 0.25) is 0 Å². The minimum absolute atomic E-state index is 0.611. The molecule has 0 amide bonds. The predicted molar refractivity (Wildman–Crippen MR) is 94.9 cm³/mol. The summed E-state index contributed by atoms with van der Waals surface area (Å²) in [5.41, 5.74) is 1.19. The van der Waals surface area contributed by atoms with E-state index in [1.807, 2.05) is 0 Å². The van der Waals surface area contributed by atoms with Crippen LogP contribution in [0.3, 0.4) is 0 Å². The first-order valence-corrected chi connectivity index (χ1v) is 8.64. The Morgan fingerprint density at radius 1 is 0.714 bits per heavy atom. The van der Waals surface area contributed by atoms with Gasteiger partial charge in [0.15, 0.2) is 0 Å². The number of benzene rings is 3. The fourth-order valence-corrected chi connectivity index (χ4v) is 5.16. The van der Waals surface area contributed by atoms with E-state index in [1.165, 1.54) is 21.5 Å². The molecule has 2 heteroatoms. The summed E-state index contributed by atoms with van der Waals surface area (Å²) in [5, 5.41) is 4.72. The molecule has 0 radical (unpaired) electrons. The fourth-order valence-electron chi connectivity index (χ4n) is 2.37. The van der Waals surface area contributed by atoms with Crippen LogP contribution in [-0.2, 0) is 0 Å². The summed E-state index contributed by atoms with van der Waals surface area (Å²) in [6, 6.07) is 27.6. The average Bonchev–Trinajstić information content (AvgIpc) is 2.52. The molecule has 0 aliphatic carbocycles. The van der Waals surface area contributed by atoms with Gasteiger partial charge in [-0.15, -0.1) is 0 Å². The smallest absolute Gasteiger partial charge is 0.0492 e. The second-order valence-electron chi connectivity index (χ2n) is 4.96. The minimum Gasteiger partial charge on any atom is -0.0836 e. The lowest BCUT2D eigenvalue weighted by molar-refractivity contribution is 1.49. The van der Waals surface area contributed by atoms with E-state index in [0.29, 0.717) is 0 Å². The Bertz CT molecular complexity index is 684. The highest BCUT2D eigenvalue weighted by atomic mass is 35.5. The van der Waals surface area contributed by atoms with E-state index < -0.39 is 7.92 Å². The van der Waals surface area contributed by atoms with Gasteiger partial charge in [-0.2, -0.15) is 0 Å². The highest BCUT2D eigenvalue weighted by molar-refractivity contribution is 7.80. The molecular weight excluding hydrogens is 295 g/mol. The van der Waals surface area contributed by atoms with Gasteiger partial charge in [0.1, 0.15) is 0 Å². The van der Waals surface area contributed by atoms with Crippen molar-refractivity contribution in [3.63, 3.8) is 0 Å². The van der Waals surface area contributed by atoms with Crippen molar-refractivity contribution in [2.24, 2.45) is 0 Å². The maximum absolute atomic E-state index is 6.54. The number of hydrogen-bond donors (Lipinski definition) is 0.